The SMILES string of the molecule is COCn1nc(C(F)(F)F)cc1C1(C(F)(F)F)CC(c2ccc(NC(=O)CC(=O)NCC(F)(F)F)c(C)c2)=NO1. The fourth-order valence-electron chi connectivity index (χ4n) is 3.71. The van der Waals surface area contributed by atoms with Gasteiger partial charge in [0.05, 0.1) is 17.8 Å². The van der Waals surface area contributed by atoms with Crippen LogP contribution in [0, 0.1) is 6.92 Å². The number of amides is 2. The summed E-state index contributed by atoms with van der Waals surface area (Å²) in [5.74, 6) is -2.15. The second-order valence-electron chi connectivity index (χ2n) is 8.61. The Morgan fingerprint density at radius 3 is 2.30 bits per heavy atom. The number of carbonyl (C=O) groups excluding carboxylic acids is 2. The molecule has 220 valence electrons. The van der Waals surface area contributed by atoms with Gasteiger partial charge in [-0.15, -0.1) is 0 Å². The van der Waals surface area contributed by atoms with Crippen LogP contribution in [0.15, 0.2) is 29.4 Å². The molecule has 0 saturated carbocycles. The van der Waals surface area contributed by atoms with E-state index in [1.54, 1.807) is 0 Å². The highest BCUT2D eigenvalue weighted by molar-refractivity contribution is 6.05. The molecule has 9 nitrogen and oxygen atoms in total. The maximum atomic E-state index is 14.3. The van der Waals surface area contributed by atoms with E-state index < -0.39 is 73.4 Å². The predicted octanol–water partition coefficient (Wildman–Crippen LogP) is 4.40. The van der Waals surface area contributed by atoms with E-state index in [0.717, 1.165) is 7.11 Å². The number of alkyl halides is 9. The third-order valence-corrected chi connectivity index (χ3v) is 5.56. The number of oxime groups is 1. The van der Waals surface area contributed by atoms with E-state index in [4.69, 9.17) is 9.57 Å². The Morgan fingerprint density at radius 2 is 1.75 bits per heavy atom. The minimum atomic E-state index is -5.25. The first-order chi connectivity index (χ1) is 18.4. The summed E-state index contributed by atoms with van der Waals surface area (Å²) < 4.78 is 124. The molecule has 1 aliphatic rings. The number of nitrogens with one attached hydrogen (secondary N) is 2. The summed E-state index contributed by atoms with van der Waals surface area (Å²) in [5, 5.41) is 10.5. The van der Waals surface area contributed by atoms with Crippen molar-refractivity contribution >= 4 is 23.2 Å². The van der Waals surface area contributed by atoms with Crippen LogP contribution in [-0.4, -0.2) is 53.3 Å². The number of anilines is 1. The number of ether oxygens (including phenoxy) is 1. The Kier molecular flexibility index (Phi) is 8.43. The second-order valence-corrected chi connectivity index (χ2v) is 8.61. The standard InChI is InChI=1S/C22H20F9N5O4/c1-11-5-12(3-4-13(11)33-18(38)7-17(37)32-9-20(23,24)25)14-8-19(40-35-14,22(29,30)31)16-6-15(21(26,27)28)34-36(16)10-39-2/h3-6H,7-10H2,1-2H3,(H,32,37)(H,33,38). The number of hydrogen-bond acceptors (Lipinski definition) is 6. The molecule has 1 aromatic heterocycles. The number of benzene rings is 1. The van der Waals surface area contributed by atoms with E-state index in [0.29, 0.717) is 4.68 Å². The molecule has 1 aromatic carbocycles. The van der Waals surface area contributed by atoms with Gasteiger partial charge in [-0.05, 0) is 36.2 Å². The van der Waals surface area contributed by atoms with Crippen LogP contribution >= 0.6 is 0 Å². The lowest BCUT2D eigenvalue weighted by Gasteiger charge is -2.29. The fraction of sp³-hybridized carbons (Fsp3) is 0.455. The Balaban J connectivity index is 1.81. The first kappa shape index (κ1) is 30.7. The molecule has 0 fully saturated rings. The number of aromatic nitrogens is 2. The molecular formula is C22H20F9N5O4. The van der Waals surface area contributed by atoms with E-state index in [1.165, 1.54) is 30.4 Å². The molecule has 0 bridgehead atoms. The maximum Gasteiger partial charge on any atom is 0.437 e. The van der Waals surface area contributed by atoms with Gasteiger partial charge in [0, 0.05) is 12.8 Å². The van der Waals surface area contributed by atoms with Crippen LogP contribution in [0.1, 0.15) is 35.4 Å². The normalized spacial score (nSPS) is 17.8. The maximum absolute atomic E-state index is 14.3. The highest BCUT2D eigenvalue weighted by Crippen LogP contribution is 2.49. The molecule has 0 radical (unpaired) electrons. The van der Waals surface area contributed by atoms with Crippen molar-refractivity contribution in [1.29, 1.82) is 0 Å². The first-order valence-corrected chi connectivity index (χ1v) is 11.1. The predicted molar refractivity (Wildman–Crippen MR) is 118 cm³/mol. The molecule has 3 rings (SSSR count). The topological polar surface area (TPSA) is 107 Å². The first-order valence-electron chi connectivity index (χ1n) is 11.1. The fourth-order valence-corrected chi connectivity index (χ4v) is 3.71. The molecule has 2 amide bonds. The molecule has 2 heterocycles. The number of rotatable bonds is 8. The minimum Gasteiger partial charge on any atom is -0.372 e. The van der Waals surface area contributed by atoms with E-state index in [2.05, 4.69) is 15.6 Å². The number of aryl methyl sites for hydroxylation is 1. The summed E-state index contributed by atoms with van der Waals surface area (Å²) >= 11 is 0. The van der Waals surface area contributed by atoms with Gasteiger partial charge in [0.1, 0.15) is 19.7 Å². The number of hydrogen-bond donors (Lipinski definition) is 2. The third kappa shape index (κ3) is 6.83. The van der Waals surface area contributed by atoms with Crippen LogP contribution in [0.2, 0.25) is 0 Å². The quantitative estimate of drug-likeness (QED) is 0.351. The van der Waals surface area contributed by atoms with E-state index in [9.17, 15) is 49.1 Å². The summed E-state index contributed by atoms with van der Waals surface area (Å²) in [6.45, 7) is -0.941. The van der Waals surface area contributed by atoms with Gasteiger partial charge in [0.25, 0.3) is 5.60 Å². The molecule has 1 atom stereocenters. The smallest absolute Gasteiger partial charge is 0.372 e. The van der Waals surface area contributed by atoms with Crippen LogP contribution in [0.4, 0.5) is 45.2 Å². The molecule has 2 N–H and O–H groups in total. The summed E-state index contributed by atoms with van der Waals surface area (Å²) in [4.78, 5) is 28.3. The molecular weight excluding hydrogens is 569 g/mol. The lowest BCUT2D eigenvalue weighted by molar-refractivity contribution is -0.278. The second kappa shape index (κ2) is 11.0. The van der Waals surface area contributed by atoms with E-state index in [-0.39, 0.29) is 28.6 Å². The average Bonchev–Trinajstić information content (AvgIpc) is 3.44. The van der Waals surface area contributed by atoms with Gasteiger partial charge in [-0.3, -0.25) is 9.59 Å². The van der Waals surface area contributed by atoms with Gasteiger partial charge in [0.15, 0.2) is 5.69 Å². The van der Waals surface area contributed by atoms with Gasteiger partial charge < -0.3 is 20.2 Å². The van der Waals surface area contributed by atoms with Gasteiger partial charge in [0.2, 0.25) is 11.8 Å². The Hall–Kier alpha value is -3.83. The van der Waals surface area contributed by atoms with E-state index in [1.807, 2.05) is 0 Å². The summed E-state index contributed by atoms with van der Waals surface area (Å²) in [6, 6.07) is 3.97. The third-order valence-electron chi connectivity index (χ3n) is 5.56. The minimum absolute atomic E-state index is 0.0680. The molecule has 1 unspecified atom stereocenters. The molecule has 2 aromatic rings. The summed E-state index contributed by atoms with van der Waals surface area (Å²) in [7, 11) is 1.05. The van der Waals surface area contributed by atoms with Crippen LogP contribution in [0.25, 0.3) is 0 Å². The lowest BCUT2D eigenvalue weighted by Crippen LogP contribution is -2.44. The van der Waals surface area contributed by atoms with Gasteiger partial charge in [-0.25, -0.2) is 4.68 Å². The van der Waals surface area contributed by atoms with Crippen molar-refractivity contribution in [2.24, 2.45) is 5.16 Å². The highest BCUT2D eigenvalue weighted by Gasteiger charge is 2.64. The van der Waals surface area contributed by atoms with E-state index >= 15 is 0 Å². The molecule has 0 aliphatic carbocycles. The van der Waals surface area contributed by atoms with Crippen molar-refractivity contribution < 1.29 is 58.7 Å². The van der Waals surface area contributed by atoms with Crippen molar-refractivity contribution in [3.63, 3.8) is 0 Å². The van der Waals surface area contributed by atoms with Crippen molar-refractivity contribution in [2.45, 2.75) is 50.6 Å². The number of nitrogens with zero attached hydrogens (tertiary/aromatic N) is 3. The zero-order valence-corrected chi connectivity index (χ0v) is 20.5. The molecule has 1 aliphatic heterocycles. The lowest BCUT2D eigenvalue weighted by atomic mass is 9.89. The van der Waals surface area contributed by atoms with Crippen LogP contribution < -0.4 is 10.6 Å². The number of halogens is 9. The number of methoxy groups -OCH3 is 1. The van der Waals surface area contributed by atoms with Gasteiger partial charge in [-0.1, -0.05) is 11.2 Å². The van der Waals surface area contributed by atoms with Crippen LogP contribution in [0.5, 0.6) is 0 Å². The molecule has 0 saturated heterocycles. The zero-order chi connectivity index (χ0) is 30.1. The summed E-state index contributed by atoms with van der Waals surface area (Å²) in [5.41, 5.74) is -5.78. The zero-order valence-electron chi connectivity index (χ0n) is 20.5. The van der Waals surface area contributed by atoms with Crippen LogP contribution in [0.3, 0.4) is 0 Å². The average molecular weight is 589 g/mol. The Morgan fingerprint density at radius 1 is 1.07 bits per heavy atom. The van der Waals surface area contributed by atoms with Crippen molar-refractivity contribution in [2.75, 3.05) is 19.0 Å². The molecule has 40 heavy (non-hydrogen) atoms. The Labute approximate surface area is 219 Å². The van der Waals surface area contributed by atoms with Crippen molar-refractivity contribution in [1.82, 2.24) is 15.1 Å². The molecule has 18 heteroatoms. The molecule has 0 spiro atoms. The monoisotopic (exact) mass is 589 g/mol. The highest BCUT2D eigenvalue weighted by atomic mass is 19.4. The number of carbonyl (C=O) groups is 2. The van der Waals surface area contributed by atoms with Gasteiger partial charge in [-0.2, -0.15) is 44.6 Å². The summed E-state index contributed by atoms with van der Waals surface area (Å²) in [6.07, 6.45) is -16.9. The van der Waals surface area contributed by atoms with Crippen molar-refractivity contribution in [3.05, 3.63) is 46.8 Å². The Bertz CT molecular complexity index is 1300. The largest absolute Gasteiger partial charge is 0.437 e. The van der Waals surface area contributed by atoms with Crippen LogP contribution in [-0.2, 0) is 37.7 Å². The van der Waals surface area contributed by atoms with Crippen molar-refractivity contribution in [3.8, 4) is 0 Å². The van der Waals surface area contributed by atoms with Gasteiger partial charge >= 0.3 is 18.5 Å².